The smallest absolute Gasteiger partial charge is 0.291 e. The molecule has 6 aromatic rings. The molecule has 0 spiro atoms. The topological polar surface area (TPSA) is 92.8 Å². The third kappa shape index (κ3) is 4.11. The second-order valence-electron chi connectivity index (χ2n) is 8.15. The fourth-order valence-electron chi connectivity index (χ4n) is 4.12. The Morgan fingerprint density at radius 3 is 2.32 bits per heavy atom. The number of methoxy groups -OCH3 is 3. The Hall–Kier alpha value is -4.48. The van der Waals surface area contributed by atoms with Crippen LogP contribution in [0.3, 0.4) is 0 Å². The van der Waals surface area contributed by atoms with Gasteiger partial charge in [0.05, 0.1) is 36.4 Å². The highest BCUT2D eigenvalue weighted by Crippen LogP contribution is 2.40. The predicted molar refractivity (Wildman–Crippen MR) is 148 cm³/mol. The molecule has 0 aliphatic rings. The minimum Gasteiger partial charge on any atom is -0.493 e. The molecule has 4 aromatic heterocycles. The number of rotatable bonds is 7. The Balaban J connectivity index is 1.45. The van der Waals surface area contributed by atoms with Crippen molar-refractivity contribution in [2.75, 3.05) is 21.3 Å². The quantitative estimate of drug-likeness (QED) is 0.296. The molecule has 0 saturated carbocycles. The molecule has 0 atom stereocenters. The first-order chi connectivity index (χ1) is 18.6. The molecule has 2 aromatic carbocycles. The molecule has 0 saturated heterocycles. The lowest BCUT2D eigenvalue weighted by Crippen LogP contribution is -2.23. The first-order valence-corrected chi connectivity index (χ1v) is 13.2. The third-order valence-corrected chi connectivity index (χ3v) is 7.74. The molecule has 9 nitrogen and oxygen atoms in total. The van der Waals surface area contributed by atoms with Gasteiger partial charge >= 0.3 is 0 Å². The molecule has 0 unspecified atom stereocenters. The van der Waals surface area contributed by atoms with Crippen LogP contribution in [-0.2, 0) is 0 Å². The van der Waals surface area contributed by atoms with Gasteiger partial charge in [-0.15, -0.1) is 16.4 Å². The summed E-state index contributed by atoms with van der Waals surface area (Å²) in [5.41, 5.74) is 2.97. The molecule has 0 amide bonds. The molecule has 6 rings (SSSR count). The summed E-state index contributed by atoms with van der Waals surface area (Å²) in [5.74, 6) is 1.81. The lowest BCUT2D eigenvalue weighted by Gasteiger charge is -2.12. The molecule has 0 N–H and O–H groups in total. The van der Waals surface area contributed by atoms with Crippen LogP contribution in [0.4, 0.5) is 0 Å². The minimum atomic E-state index is -0.249. The summed E-state index contributed by atoms with van der Waals surface area (Å²) < 4.78 is 19.9. The van der Waals surface area contributed by atoms with E-state index >= 15 is 0 Å². The fourth-order valence-corrected chi connectivity index (χ4v) is 5.75. The van der Waals surface area contributed by atoms with E-state index < -0.39 is 0 Å². The number of fused-ring (bicyclic) bond motifs is 1. The summed E-state index contributed by atoms with van der Waals surface area (Å²) in [6, 6.07) is 17.4. The molecule has 190 valence electrons. The average Bonchev–Trinajstić information content (AvgIpc) is 3.75. The van der Waals surface area contributed by atoms with Gasteiger partial charge in [0, 0.05) is 17.3 Å². The van der Waals surface area contributed by atoms with Crippen molar-refractivity contribution in [1.29, 1.82) is 0 Å². The van der Waals surface area contributed by atoms with Gasteiger partial charge in [0.25, 0.3) is 5.56 Å². The minimum absolute atomic E-state index is 0.249. The lowest BCUT2D eigenvalue weighted by molar-refractivity contribution is 0.324. The number of hydrogen-bond donors (Lipinski definition) is 0. The van der Waals surface area contributed by atoms with Crippen molar-refractivity contribution >= 4 is 33.7 Å². The Kier molecular flexibility index (Phi) is 6.14. The first-order valence-electron chi connectivity index (χ1n) is 11.5. The molecule has 38 heavy (non-hydrogen) atoms. The molecule has 0 bridgehead atoms. The molecule has 0 aliphatic heterocycles. The summed E-state index contributed by atoms with van der Waals surface area (Å²) in [6.45, 7) is 0. The molecular weight excluding hydrogens is 522 g/mol. The van der Waals surface area contributed by atoms with Gasteiger partial charge in [0.2, 0.25) is 10.7 Å². The SMILES string of the molecule is COc1cc(-c2nc3s/c(=C\c4cn(-c5ccccc5)nc4-c4cccs4)c(=O)n3n2)cc(OC)c1OC. The van der Waals surface area contributed by atoms with Crippen molar-refractivity contribution in [2.45, 2.75) is 0 Å². The highest BCUT2D eigenvalue weighted by Gasteiger charge is 2.19. The second kappa shape index (κ2) is 9.77. The number of para-hydroxylation sites is 1. The van der Waals surface area contributed by atoms with Crippen LogP contribution >= 0.6 is 22.7 Å². The van der Waals surface area contributed by atoms with Crippen molar-refractivity contribution in [3.05, 3.63) is 86.6 Å². The van der Waals surface area contributed by atoms with Crippen LogP contribution in [0.1, 0.15) is 5.56 Å². The maximum atomic E-state index is 13.3. The van der Waals surface area contributed by atoms with Crippen molar-refractivity contribution in [1.82, 2.24) is 24.4 Å². The predicted octanol–water partition coefficient (Wildman–Crippen LogP) is 4.31. The van der Waals surface area contributed by atoms with E-state index in [-0.39, 0.29) is 5.56 Å². The first kappa shape index (κ1) is 23.9. The van der Waals surface area contributed by atoms with Crippen LogP contribution in [0.2, 0.25) is 0 Å². The number of thiazole rings is 1. The second-order valence-corrected chi connectivity index (χ2v) is 10.1. The van der Waals surface area contributed by atoms with Crippen LogP contribution in [-0.4, -0.2) is 45.7 Å². The number of ether oxygens (including phenoxy) is 3. The Morgan fingerprint density at radius 1 is 0.921 bits per heavy atom. The summed E-state index contributed by atoms with van der Waals surface area (Å²) >= 11 is 2.87. The van der Waals surface area contributed by atoms with Gasteiger partial charge in [-0.3, -0.25) is 4.79 Å². The van der Waals surface area contributed by atoms with E-state index in [1.165, 1.54) is 15.9 Å². The highest BCUT2D eigenvalue weighted by molar-refractivity contribution is 7.15. The average molecular weight is 544 g/mol. The van der Waals surface area contributed by atoms with E-state index in [1.54, 1.807) is 44.8 Å². The normalized spacial score (nSPS) is 11.8. The van der Waals surface area contributed by atoms with Crippen LogP contribution < -0.4 is 24.3 Å². The molecule has 0 aliphatic carbocycles. The fraction of sp³-hybridized carbons (Fsp3) is 0.111. The molecule has 4 heterocycles. The standard InChI is InChI=1S/C27H21N5O4S2/c1-34-19-12-16(13-20(35-2)24(19)36-3)25-28-27-32(30-25)26(33)22(38-27)14-17-15-31(18-8-5-4-6-9-18)29-23(17)21-10-7-11-37-21/h4-15H,1-3H3/b22-14-. The van der Waals surface area contributed by atoms with E-state index in [4.69, 9.17) is 19.3 Å². The van der Waals surface area contributed by atoms with E-state index in [2.05, 4.69) is 10.1 Å². The van der Waals surface area contributed by atoms with Gasteiger partial charge < -0.3 is 14.2 Å². The summed E-state index contributed by atoms with van der Waals surface area (Å²) in [4.78, 5) is 19.5. The maximum Gasteiger partial charge on any atom is 0.291 e. The van der Waals surface area contributed by atoms with Crippen LogP contribution in [0.25, 0.3) is 38.7 Å². The number of nitrogens with zero attached hydrogens (tertiary/aromatic N) is 5. The van der Waals surface area contributed by atoms with Crippen molar-refractivity contribution < 1.29 is 14.2 Å². The zero-order chi connectivity index (χ0) is 26.2. The molecule has 11 heteroatoms. The Labute approximate surface area is 224 Å². The van der Waals surface area contributed by atoms with Crippen molar-refractivity contribution in [3.63, 3.8) is 0 Å². The number of thiophene rings is 1. The zero-order valence-corrected chi connectivity index (χ0v) is 22.2. The Bertz CT molecular complexity index is 1830. The summed E-state index contributed by atoms with van der Waals surface area (Å²) in [7, 11) is 4.63. The van der Waals surface area contributed by atoms with Gasteiger partial charge in [-0.05, 0) is 41.8 Å². The van der Waals surface area contributed by atoms with Crippen LogP contribution in [0, 0.1) is 0 Å². The van der Waals surface area contributed by atoms with E-state index in [0.717, 1.165) is 21.8 Å². The van der Waals surface area contributed by atoms with Crippen LogP contribution in [0.5, 0.6) is 17.2 Å². The van der Waals surface area contributed by atoms with Gasteiger partial charge in [-0.2, -0.15) is 14.6 Å². The molecule has 0 radical (unpaired) electrons. The zero-order valence-electron chi connectivity index (χ0n) is 20.6. The summed E-state index contributed by atoms with van der Waals surface area (Å²) in [5, 5.41) is 11.3. The number of benzene rings is 2. The third-order valence-electron chi connectivity index (χ3n) is 5.91. The molecular formula is C27H21N5O4S2. The van der Waals surface area contributed by atoms with E-state index in [9.17, 15) is 4.79 Å². The van der Waals surface area contributed by atoms with Crippen molar-refractivity contribution in [2.24, 2.45) is 0 Å². The van der Waals surface area contributed by atoms with Gasteiger partial charge in [-0.1, -0.05) is 35.6 Å². The number of aromatic nitrogens is 5. The van der Waals surface area contributed by atoms with E-state index in [1.807, 2.05) is 64.8 Å². The van der Waals surface area contributed by atoms with Crippen LogP contribution in [0.15, 0.2) is 71.0 Å². The van der Waals surface area contributed by atoms with Crippen molar-refractivity contribution in [3.8, 4) is 44.9 Å². The highest BCUT2D eigenvalue weighted by atomic mass is 32.1. The van der Waals surface area contributed by atoms with Gasteiger partial charge in [0.1, 0.15) is 5.69 Å². The molecule has 0 fully saturated rings. The van der Waals surface area contributed by atoms with Gasteiger partial charge in [-0.25, -0.2) is 4.68 Å². The number of hydrogen-bond acceptors (Lipinski definition) is 9. The Morgan fingerprint density at radius 2 is 1.68 bits per heavy atom. The lowest BCUT2D eigenvalue weighted by atomic mass is 10.1. The summed E-state index contributed by atoms with van der Waals surface area (Å²) in [6.07, 6.45) is 3.78. The maximum absolute atomic E-state index is 13.3. The van der Waals surface area contributed by atoms with E-state index in [0.29, 0.717) is 38.1 Å². The van der Waals surface area contributed by atoms with Gasteiger partial charge in [0.15, 0.2) is 17.3 Å². The largest absolute Gasteiger partial charge is 0.493 e. The monoisotopic (exact) mass is 543 g/mol.